The molecule has 7 heteroatoms. The average Bonchev–Trinajstić information content (AvgIpc) is 3.31. The minimum absolute atomic E-state index is 0.120. The minimum Gasteiger partial charge on any atom is -0.450 e. The molecule has 2 aromatic rings. The van der Waals surface area contributed by atoms with Gasteiger partial charge in [-0.05, 0) is 12.4 Å². The first-order valence-corrected chi connectivity index (χ1v) is 10.2. The summed E-state index contributed by atoms with van der Waals surface area (Å²) in [7, 11) is 2.36. The van der Waals surface area contributed by atoms with Gasteiger partial charge in [0.25, 0.3) is 6.02 Å². The summed E-state index contributed by atoms with van der Waals surface area (Å²) >= 11 is 1.63. The van der Waals surface area contributed by atoms with Crippen LogP contribution in [0.5, 0.6) is 0 Å². The van der Waals surface area contributed by atoms with Gasteiger partial charge in [-0.2, -0.15) is 0 Å². The SMILES string of the molecule is C[B][N+]12CCC(CC1)C1(CN=C(Nc3ncc(-c4ccccc4)s3)O1)C2. The van der Waals surface area contributed by atoms with Gasteiger partial charge in [0, 0.05) is 25.0 Å². The zero-order valence-corrected chi connectivity index (χ0v) is 15.8. The molecule has 1 radical (unpaired) electrons. The fourth-order valence-corrected chi connectivity index (χ4v) is 5.57. The monoisotopic (exact) mass is 366 g/mol. The fraction of sp³-hybridized carbons (Fsp3) is 0.474. The molecule has 1 spiro atoms. The summed E-state index contributed by atoms with van der Waals surface area (Å²) in [6.07, 6.45) is 4.39. The topological polar surface area (TPSA) is 46.5 Å². The highest BCUT2D eigenvalue weighted by atomic mass is 32.1. The second-order valence-electron chi connectivity index (χ2n) is 7.67. The summed E-state index contributed by atoms with van der Waals surface area (Å²) in [4.78, 5) is 10.4. The maximum atomic E-state index is 6.44. The first kappa shape index (κ1) is 16.3. The van der Waals surface area contributed by atoms with Crippen LogP contribution in [-0.4, -0.2) is 54.6 Å². The summed E-state index contributed by atoms with van der Waals surface area (Å²) in [5.41, 5.74) is 1.07. The van der Waals surface area contributed by atoms with Gasteiger partial charge >= 0.3 is 7.41 Å². The van der Waals surface area contributed by atoms with Crippen molar-refractivity contribution in [1.82, 2.24) is 4.98 Å². The van der Waals surface area contributed by atoms with Crippen molar-refractivity contribution in [1.29, 1.82) is 0 Å². The number of thiazole rings is 1. The second kappa shape index (κ2) is 6.10. The second-order valence-corrected chi connectivity index (χ2v) is 8.70. The van der Waals surface area contributed by atoms with Gasteiger partial charge in [0.1, 0.15) is 6.54 Å². The minimum atomic E-state index is -0.120. The molecule has 0 saturated carbocycles. The number of piperidine rings is 3. The molecule has 3 saturated heterocycles. The van der Waals surface area contributed by atoms with Crippen LogP contribution < -0.4 is 5.32 Å². The third kappa shape index (κ3) is 2.65. The van der Waals surface area contributed by atoms with Crippen LogP contribution in [0.15, 0.2) is 41.5 Å². The van der Waals surface area contributed by atoms with E-state index in [4.69, 9.17) is 9.73 Å². The summed E-state index contributed by atoms with van der Waals surface area (Å²) in [6.45, 7) is 6.51. The third-order valence-corrected chi connectivity index (χ3v) is 7.25. The van der Waals surface area contributed by atoms with E-state index in [-0.39, 0.29) is 5.60 Å². The number of hydrogen-bond donors (Lipinski definition) is 1. The van der Waals surface area contributed by atoms with Crippen LogP contribution in [0.3, 0.4) is 0 Å². The molecule has 2 bridgehead atoms. The maximum Gasteiger partial charge on any atom is 0.443 e. The quantitative estimate of drug-likeness (QED) is 0.849. The largest absolute Gasteiger partial charge is 0.450 e. The van der Waals surface area contributed by atoms with Crippen LogP contribution in [0, 0.1) is 5.92 Å². The number of fused-ring (bicyclic) bond motifs is 2. The van der Waals surface area contributed by atoms with Crippen molar-refractivity contribution in [2.45, 2.75) is 25.3 Å². The number of ether oxygens (including phenoxy) is 1. The molecule has 0 amide bonds. The Hall–Kier alpha value is -1.86. The van der Waals surface area contributed by atoms with Crippen LogP contribution in [0.25, 0.3) is 10.4 Å². The van der Waals surface area contributed by atoms with Crippen molar-refractivity contribution < 1.29 is 9.13 Å². The highest BCUT2D eigenvalue weighted by Gasteiger charge is 2.58. The number of anilines is 1. The van der Waals surface area contributed by atoms with Crippen LogP contribution >= 0.6 is 11.3 Å². The Labute approximate surface area is 159 Å². The highest BCUT2D eigenvalue weighted by molar-refractivity contribution is 7.19. The predicted molar refractivity (Wildman–Crippen MR) is 106 cm³/mol. The molecular weight excluding hydrogens is 343 g/mol. The molecule has 1 N–H and O–H groups in total. The molecular formula is C19H23BN4OS+. The van der Waals surface area contributed by atoms with Crippen molar-refractivity contribution in [2.75, 3.05) is 31.5 Å². The molecule has 26 heavy (non-hydrogen) atoms. The Kier molecular flexibility index (Phi) is 3.83. The molecule has 0 aliphatic carbocycles. The Morgan fingerprint density at radius 3 is 2.85 bits per heavy atom. The first-order valence-electron chi connectivity index (χ1n) is 9.38. The molecule has 6 rings (SSSR count). The summed E-state index contributed by atoms with van der Waals surface area (Å²) < 4.78 is 7.52. The lowest BCUT2D eigenvalue weighted by molar-refractivity contribution is -0.850. The zero-order chi connectivity index (χ0) is 17.6. The zero-order valence-electron chi connectivity index (χ0n) is 15.0. The van der Waals surface area contributed by atoms with E-state index in [1.165, 1.54) is 31.5 Å². The van der Waals surface area contributed by atoms with Gasteiger partial charge < -0.3 is 9.13 Å². The lowest BCUT2D eigenvalue weighted by Gasteiger charge is -2.56. The van der Waals surface area contributed by atoms with E-state index in [9.17, 15) is 0 Å². The normalized spacial score (nSPS) is 32.3. The number of nitrogens with one attached hydrogen (secondary N) is 1. The van der Waals surface area contributed by atoms with E-state index in [0.717, 1.165) is 27.5 Å². The first-order chi connectivity index (χ1) is 12.7. The van der Waals surface area contributed by atoms with Crippen molar-refractivity contribution in [2.24, 2.45) is 10.9 Å². The molecule has 4 aliphatic heterocycles. The van der Waals surface area contributed by atoms with Crippen molar-refractivity contribution >= 4 is 29.9 Å². The molecule has 4 aliphatic rings. The number of benzene rings is 1. The van der Waals surface area contributed by atoms with Gasteiger partial charge in [-0.25, -0.2) is 9.98 Å². The summed E-state index contributed by atoms with van der Waals surface area (Å²) in [5.74, 6) is 0.627. The van der Waals surface area contributed by atoms with E-state index in [1.807, 2.05) is 24.4 Å². The van der Waals surface area contributed by atoms with E-state index in [0.29, 0.717) is 11.9 Å². The van der Waals surface area contributed by atoms with Crippen LogP contribution in [0.2, 0.25) is 6.82 Å². The standard InChI is InChI=1S/C19H23BN4OS/c1-20-24-9-7-15(8-10-24)19(13-24)12-22-17(25-19)23-18-21-11-16(26-18)14-5-3-2-4-6-14/h2-6,11,15H,7-10,12-13H2,1H3,(H,21,22,23)/q+1. The Bertz CT molecular complexity index is 831. The molecule has 1 aromatic carbocycles. The van der Waals surface area contributed by atoms with Crippen molar-refractivity contribution in [3.63, 3.8) is 0 Å². The van der Waals surface area contributed by atoms with Crippen LogP contribution in [0.4, 0.5) is 5.13 Å². The molecule has 133 valence electrons. The fourth-order valence-electron chi connectivity index (χ4n) is 4.76. The Morgan fingerprint density at radius 2 is 2.08 bits per heavy atom. The van der Waals surface area contributed by atoms with Gasteiger partial charge in [0.15, 0.2) is 10.7 Å². The van der Waals surface area contributed by atoms with Gasteiger partial charge in [0.05, 0.1) is 24.5 Å². The number of quaternary nitrogens is 1. The van der Waals surface area contributed by atoms with E-state index in [1.54, 1.807) is 11.3 Å². The Balaban J connectivity index is 1.29. The average molecular weight is 366 g/mol. The van der Waals surface area contributed by atoms with Crippen LogP contribution in [-0.2, 0) is 4.74 Å². The Morgan fingerprint density at radius 1 is 1.27 bits per heavy atom. The summed E-state index contributed by atoms with van der Waals surface area (Å²) in [6, 6.07) is 11.0. The van der Waals surface area contributed by atoms with Gasteiger partial charge in [-0.1, -0.05) is 41.7 Å². The van der Waals surface area contributed by atoms with E-state index in [2.05, 4.69) is 36.7 Å². The van der Waals surface area contributed by atoms with E-state index < -0.39 is 0 Å². The predicted octanol–water partition coefficient (Wildman–Crippen LogP) is 3.25. The van der Waals surface area contributed by atoms with Crippen LogP contribution in [0.1, 0.15) is 12.8 Å². The number of nitrogens with zero attached hydrogens (tertiary/aromatic N) is 3. The van der Waals surface area contributed by atoms with Crippen molar-refractivity contribution in [3.8, 4) is 10.4 Å². The van der Waals surface area contributed by atoms with E-state index >= 15 is 0 Å². The van der Waals surface area contributed by atoms with Gasteiger partial charge in [-0.15, -0.1) is 0 Å². The lowest BCUT2D eigenvalue weighted by atomic mass is 9.68. The number of aliphatic imine (C=N–C) groups is 1. The highest BCUT2D eigenvalue weighted by Crippen LogP contribution is 2.44. The number of amidine groups is 1. The molecule has 1 atom stereocenters. The number of rotatable bonds is 3. The molecule has 1 unspecified atom stereocenters. The third-order valence-electron chi connectivity index (χ3n) is 6.29. The molecule has 1 aromatic heterocycles. The molecule has 5 nitrogen and oxygen atoms in total. The van der Waals surface area contributed by atoms with Gasteiger partial charge in [-0.3, -0.25) is 5.32 Å². The number of hydrogen-bond acceptors (Lipinski definition) is 5. The maximum absolute atomic E-state index is 6.44. The molecule has 3 fully saturated rings. The smallest absolute Gasteiger partial charge is 0.443 e. The van der Waals surface area contributed by atoms with Gasteiger partial charge in [0.2, 0.25) is 0 Å². The number of aromatic nitrogens is 1. The molecule has 5 heterocycles. The van der Waals surface area contributed by atoms with Crippen molar-refractivity contribution in [3.05, 3.63) is 36.5 Å². The summed E-state index contributed by atoms with van der Waals surface area (Å²) in [5, 5.41) is 4.15. The lowest BCUT2D eigenvalue weighted by Crippen LogP contribution is -2.71.